The van der Waals surface area contributed by atoms with E-state index in [0.29, 0.717) is 11.8 Å². The predicted octanol–water partition coefficient (Wildman–Crippen LogP) is 3.02. The summed E-state index contributed by atoms with van der Waals surface area (Å²) in [6.07, 6.45) is -4.00. The fourth-order valence-electron chi connectivity index (χ4n) is 0.900. The second kappa shape index (κ2) is 4.49. The minimum Gasteiger partial charge on any atom is -0.289 e. The van der Waals surface area contributed by atoms with Crippen molar-refractivity contribution in [2.24, 2.45) is 0 Å². The maximum Gasteiger partial charge on any atom is 0.416 e. The number of carbonyl (C=O) groups is 1. The molecule has 0 aromatic heterocycles. The summed E-state index contributed by atoms with van der Waals surface area (Å²) in [7, 11) is 0. The first-order valence-electron chi connectivity index (χ1n) is 3.77. The number of alkyl halides is 3. The number of hydrogen-bond acceptors (Lipinski definition) is 1. The molecule has 15 heavy (non-hydrogen) atoms. The molecular formula is C10H4BrF3O. The van der Waals surface area contributed by atoms with Crippen molar-refractivity contribution in [3.63, 3.8) is 0 Å². The fraction of sp³-hybridized carbons (Fsp3) is 0.100. The Morgan fingerprint density at radius 1 is 1.33 bits per heavy atom. The van der Waals surface area contributed by atoms with E-state index in [9.17, 15) is 18.0 Å². The first-order valence-corrected chi connectivity index (χ1v) is 4.56. The summed E-state index contributed by atoms with van der Waals surface area (Å²) in [6, 6.07) is 3.05. The van der Waals surface area contributed by atoms with Crippen molar-refractivity contribution in [2.75, 3.05) is 0 Å². The molecule has 0 saturated carbocycles. The topological polar surface area (TPSA) is 17.1 Å². The average molecular weight is 277 g/mol. The van der Waals surface area contributed by atoms with Gasteiger partial charge in [-0.15, -0.1) is 0 Å². The number of benzene rings is 1. The first kappa shape index (κ1) is 11.8. The van der Waals surface area contributed by atoms with Gasteiger partial charge in [-0.1, -0.05) is 5.92 Å². The van der Waals surface area contributed by atoms with Crippen LogP contribution in [-0.4, -0.2) is 6.29 Å². The quantitative estimate of drug-likeness (QED) is 0.526. The van der Waals surface area contributed by atoms with E-state index in [1.807, 2.05) is 0 Å². The van der Waals surface area contributed by atoms with E-state index < -0.39 is 11.7 Å². The van der Waals surface area contributed by atoms with Gasteiger partial charge in [-0.05, 0) is 40.0 Å². The van der Waals surface area contributed by atoms with Gasteiger partial charge in [0.25, 0.3) is 0 Å². The molecule has 78 valence electrons. The lowest BCUT2D eigenvalue weighted by molar-refractivity contribution is -0.137. The van der Waals surface area contributed by atoms with Crippen LogP contribution in [0.3, 0.4) is 0 Å². The molecule has 1 rings (SSSR count). The largest absolute Gasteiger partial charge is 0.416 e. The van der Waals surface area contributed by atoms with E-state index in [-0.39, 0.29) is 4.47 Å². The Morgan fingerprint density at radius 2 is 2.00 bits per heavy atom. The molecule has 0 saturated heterocycles. The second-order valence-corrected chi connectivity index (χ2v) is 3.43. The van der Waals surface area contributed by atoms with Gasteiger partial charge >= 0.3 is 6.18 Å². The molecule has 0 heterocycles. The van der Waals surface area contributed by atoms with Gasteiger partial charge in [0.15, 0.2) is 6.29 Å². The van der Waals surface area contributed by atoms with Gasteiger partial charge in [0.1, 0.15) is 0 Å². The Balaban J connectivity index is 3.14. The SMILES string of the molecule is O=CC#Cc1ccc(C(F)(F)F)cc1Br. The van der Waals surface area contributed by atoms with Gasteiger partial charge in [-0.2, -0.15) is 13.2 Å². The Hall–Kier alpha value is -1.28. The summed E-state index contributed by atoms with van der Waals surface area (Å²) in [5.74, 6) is 4.53. The van der Waals surface area contributed by atoms with Crippen LogP contribution in [0.5, 0.6) is 0 Å². The molecule has 0 atom stereocenters. The molecular weight excluding hydrogens is 273 g/mol. The smallest absolute Gasteiger partial charge is 0.289 e. The Kier molecular flexibility index (Phi) is 3.53. The third-order valence-electron chi connectivity index (χ3n) is 1.56. The zero-order valence-corrected chi connectivity index (χ0v) is 8.82. The molecule has 0 unspecified atom stereocenters. The van der Waals surface area contributed by atoms with E-state index in [1.54, 1.807) is 0 Å². The van der Waals surface area contributed by atoms with Gasteiger partial charge in [-0.25, -0.2) is 0 Å². The van der Waals surface area contributed by atoms with Crippen molar-refractivity contribution in [1.82, 2.24) is 0 Å². The van der Waals surface area contributed by atoms with Gasteiger partial charge in [-0.3, -0.25) is 4.79 Å². The van der Waals surface area contributed by atoms with Gasteiger partial charge in [0, 0.05) is 10.0 Å². The molecule has 0 aliphatic rings. The number of carbonyl (C=O) groups excluding carboxylic acids is 1. The Labute approximate surface area is 92.4 Å². The van der Waals surface area contributed by atoms with E-state index in [0.717, 1.165) is 12.1 Å². The van der Waals surface area contributed by atoms with Crippen LogP contribution in [0, 0.1) is 11.8 Å². The van der Waals surface area contributed by atoms with Crippen molar-refractivity contribution >= 4 is 22.2 Å². The van der Waals surface area contributed by atoms with Crippen LogP contribution in [0.25, 0.3) is 0 Å². The molecule has 0 radical (unpaired) electrons. The van der Waals surface area contributed by atoms with Crippen molar-refractivity contribution in [3.8, 4) is 11.8 Å². The standard InChI is InChI=1S/C10H4BrF3O/c11-9-6-8(10(12,13)14)4-3-7(9)2-1-5-15/h3-6H. The minimum absolute atomic E-state index is 0.215. The third kappa shape index (κ3) is 3.10. The normalized spacial score (nSPS) is 10.4. The van der Waals surface area contributed by atoms with E-state index >= 15 is 0 Å². The van der Waals surface area contributed by atoms with Crippen LogP contribution in [-0.2, 0) is 11.0 Å². The van der Waals surface area contributed by atoms with Crippen LogP contribution in [0.2, 0.25) is 0 Å². The summed E-state index contributed by atoms with van der Waals surface area (Å²) in [4.78, 5) is 9.95. The maximum absolute atomic E-state index is 12.2. The van der Waals surface area contributed by atoms with E-state index in [2.05, 4.69) is 27.8 Å². The molecule has 0 spiro atoms. The van der Waals surface area contributed by atoms with Crippen molar-refractivity contribution in [3.05, 3.63) is 33.8 Å². The number of halogens is 4. The van der Waals surface area contributed by atoms with Crippen molar-refractivity contribution in [1.29, 1.82) is 0 Å². The lowest BCUT2D eigenvalue weighted by Gasteiger charge is -2.07. The van der Waals surface area contributed by atoms with Crippen LogP contribution >= 0.6 is 15.9 Å². The van der Waals surface area contributed by atoms with Crippen LogP contribution in [0.1, 0.15) is 11.1 Å². The number of rotatable bonds is 0. The molecule has 0 fully saturated rings. The summed E-state index contributed by atoms with van der Waals surface area (Å²) < 4.78 is 36.9. The van der Waals surface area contributed by atoms with Gasteiger partial charge in [0.2, 0.25) is 0 Å². The van der Waals surface area contributed by atoms with Gasteiger partial charge in [0.05, 0.1) is 5.56 Å². The summed E-state index contributed by atoms with van der Waals surface area (Å²) in [6.45, 7) is 0. The molecule has 0 bridgehead atoms. The molecule has 0 N–H and O–H groups in total. The summed E-state index contributed by atoms with van der Waals surface area (Å²) in [5, 5.41) is 0. The van der Waals surface area contributed by atoms with Crippen LogP contribution in [0.15, 0.2) is 22.7 Å². The van der Waals surface area contributed by atoms with Crippen LogP contribution in [0.4, 0.5) is 13.2 Å². The zero-order chi connectivity index (χ0) is 11.5. The molecule has 0 amide bonds. The fourth-order valence-corrected chi connectivity index (χ4v) is 1.38. The molecule has 5 heteroatoms. The number of hydrogen-bond donors (Lipinski definition) is 0. The van der Waals surface area contributed by atoms with Crippen LogP contribution < -0.4 is 0 Å². The Morgan fingerprint density at radius 3 is 2.47 bits per heavy atom. The average Bonchev–Trinajstić information content (AvgIpc) is 2.14. The minimum atomic E-state index is -4.38. The maximum atomic E-state index is 12.2. The highest BCUT2D eigenvalue weighted by molar-refractivity contribution is 9.10. The molecule has 1 nitrogen and oxygen atoms in total. The highest BCUT2D eigenvalue weighted by atomic mass is 79.9. The molecule has 1 aromatic rings. The van der Waals surface area contributed by atoms with E-state index in [4.69, 9.17) is 0 Å². The number of aldehydes is 1. The highest BCUT2D eigenvalue weighted by Crippen LogP contribution is 2.31. The van der Waals surface area contributed by atoms with Crippen molar-refractivity contribution in [2.45, 2.75) is 6.18 Å². The lowest BCUT2D eigenvalue weighted by Crippen LogP contribution is -2.04. The second-order valence-electron chi connectivity index (χ2n) is 2.58. The Bertz CT molecular complexity index is 440. The monoisotopic (exact) mass is 276 g/mol. The summed E-state index contributed by atoms with van der Waals surface area (Å²) >= 11 is 2.95. The van der Waals surface area contributed by atoms with Crippen molar-refractivity contribution < 1.29 is 18.0 Å². The third-order valence-corrected chi connectivity index (χ3v) is 2.22. The predicted molar refractivity (Wildman–Crippen MR) is 52.1 cm³/mol. The highest BCUT2D eigenvalue weighted by Gasteiger charge is 2.30. The lowest BCUT2D eigenvalue weighted by atomic mass is 10.1. The molecule has 1 aromatic carbocycles. The van der Waals surface area contributed by atoms with E-state index in [1.165, 1.54) is 6.07 Å². The molecule has 0 aliphatic heterocycles. The molecule has 0 aliphatic carbocycles. The summed E-state index contributed by atoms with van der Waals surface area (Å²) in [5.41, 5.74) is -0.416. The first-order chi connectivity index (χ1) is 6.95. The van der Waals surface area contributed by atoms with Gasteiger partial charge < -0.3 is 0 Å². The zero-order valence-electron chi connectivity index (χ0n) is 7.23.